The van der Waals surface area contributed by atoms with Gasteiger partial charge in [-0.05, 0) is 24.3 Å². The maximum atomic E-state index is 11.9. The summed E-state index contributed by atoms with van der Waals surface area (Å²) in [6.07, 6.45) is -1.03. The molecule has 20 heavy (non-hydrogen) atoms. The average Bonchev–Trinajstić information content (AvgIpc) is 2.44. The van der Waals surface area contributed by atoms with Crippen LogP contribution in [-0.4, -0.2) is 35.4 Å². The lowest BCUT2D eigenvalue weighted by Crippen LogP contribution is -2.35. The van der Waals surface area contributed by atoms with Gasteiger partial charge in [0, 0.05) is 16.4 Å². The Bertz CT molecular complexity index is 698. The monoisotopic (exact) mass is 340 g/mol. The van der Waals surface area contributed by atoms with Crippen molar-refractivity contribution in [3.8, 4) is 0 Å². The largest absolute Gasteiger partial charge is 0.438 e. The number of carbonyl (C=O) groups excluding carboxylic acids is 1. The molecule has 4 N–H and O–H groups in total. The summed E-state index contributed by atoms with van der Waals surface area (Å²) in [5.74, 6) is -0.534. The van der Waals surface area contributed by atoms with E-state index in [1.807, 2.05) is 0 Å². The second-order valence-corrected chi connectivity index (χ2v) is 5.13. The molecule has 1 aromatic carbocycles. The van der Waals surface area contributed by atoms with E-state index in [9.17, 15) is 9.90 Å². The van der Waals surface area contributed by atoms with Gasteiger partial charge in [-0.25, -0.2) is 0 Å². The zero-order chi connectivity index (χ0) is 14.7. The first-order valence-electron chi connectivity index (χ1n) is 5.86. The molecule has 1 heterocycles. The van der Waals surface area contributed by atoms with Gasteiger partial charge in [-0.1, -0.05) is 15.9 Å². The van der Waals surface area contributed by atoms with Crippen LogP contribution in [0.5, 0.6) is 0 Å². The van der Waals surface area contributed by atoms with Crippen molar-refractivity contribution in [2.45, 2.75) is 6.10 Å². The fourth-order valence-corrected chi connectivity index (χ4v) is 2.03. The van der Waals surface area contributed by atoms with E-state index in [1.54, 1.807) is 24.3 Å². The average molecular weight is 341 g/mol. The quantitative estimate of drug-likeness (QED) is 0.659. The molecule has 106 valence electrons. The molecule has 2 rings (SSSR count). The molecule has 0 saturated heterocycles. The van der Waals surface area contributed by atoms with E-state index in [0.29, 0.717) is 11.0 Å². The minimum absolute atomic E-state index is 0.0701. The van der Waals surface area contributed by atoms with Gasteiger partial charge in [-0.3, -0.25) is 10.2 Å². The number of hydrogen-bond acceptors (Lipinski definition) is 5. The molecular weight excluding hydrogens is 328 g/mol. The van der Waals surface area contributed by atoms with Gasteiger partial charge in [0.05, 0.1) is 12.7 Å². The van der Waals surface area contributed by atoms with Crippen molar-refractivity contribution in [2.24, 2.45) is 0 Å². The molecule has 0 aliphatic carbocycles. The Hall–Kier alpha value is -1.70. The van der Waals surface area contributed by atoms with Crippen LogP contribution in [0.2, 0.25) is 0 Å². The molecule has 7 heteroatoms. The smallest absolute Gasteiger partial charge is 0.256 e. The summed E-state index contributed by atoms with van der Waals surface area (Å²) in [6.45, 7) is -0.533. The molecule has 1 aromatic heterocycles. The Labute approximate surface area is 122 Å². The van der Waals surface area contributed by atoms with Crippen LogP contribution in [0, 0.1) is 5.41 Å². The van der Waals surface area contributed by atoms with Crippen molar-refractivity contribution in [1.82, 2.24) is 5.32 Å². The van der Waals surface area contributed by atoms with Gasteiger partial charge in [0.1, 0.15) is 11.1 Å². The molecular formula is C13H13BrN2O4. The lowest BCUT2D eigenvalue weighted by atomic mass is 10.1. The lowest BCUT2D eigenvalue weighted by molar-refractivity contribution is 0.0799. The van der Waals surface area contributed by atoms with Gasteiger partial charge >= 0.3 is 0 Å². The number of hydrogen-bond donors (Lipinski definition) is 4. The second kappa shape index (κ2) is 6.17. The Balaban J connectivity index is 2.31. The van der Waals surface area contributed by atoms with Gasteiger partial charge < -0.3 is 19.9 Å². The predicted octanol–water partition coefficient (Wildman–Crippen LogP) is 0.758. The van der Waals surface area contributed by atoms with Gasteiger partial charge in [-0.2, -0.15) is 0 Å². The van der Waals surface area contributed by atoms with Crippen LogP contribution in [0.3, 0.4) is 0 Å². The Morgan fingerprint density at radius 2 is 2.20 bits per heavy atom. The summed E-state index contributed by atoms with van der Waals surface area (Å²) >= 11 is 3.32. The van der Waals surface area contributed by atoms with Crippen molar-refractivity contribution in [2.75, 3.05) is 13.2 Å². The van der Waals surface area contributed by atoms with E-state index in [0.717, 1.165) is 4.47 Å². The van der Waals surface area contributed by atoms with Gasteiger partial charge in [0.2, 0.25) is 5.55 Å². The fraction of sp³-hybridized carbons (Fsp3) is 0.231. The molecule has 0 aliphatic rings. The number of rotatable bonds is 4. The van der Waals surface area contributed by atoms with E-state index >= 15 is 0 Å². The highest BCUT2D eigenvalue weighted by Gasteiger charge is 2.13. The molecule has 0 bridgehead atoms. The Kier molecular flexibility index (Phi) is 4.53. The van der Waals surface area contributed by atoms with Crippen molar-refractivity contribution in [3.05, 3.63) is 39.9 Å². The molecule has 0 aliphatic heterocycles. The van der Waals surface area contributed by atoms with E-state index in [2.05, 4.69) is 21.2 Å². The van der Waals surface area contributed by atoms with Gasteiger partial charge in [0.15, 0.2) is 0 Å². The van der Waals surface area contributed by atoms with Crippen LogP contribution >= 0.6 is 15.9 Å². The first kappa shape index (κ1) is 14.7. The van der Waals surface area contributed by atoms with E-state index in [1.165, 1.54) is 0 Å². The molecule has 0 radical (unpaired) electrons. The number of amides is 1. The number of fused-ring (bicyclic) bond motifs is 1. The highest BCUT2D eigenvalue weighted by atomic mass is 79.9. The molecule has 2 aromatic rings. The van der Waals surface area contributed by atoms with Crippen LogP contribution < -0.4 is 10.9 Å². The summed E-state index contributed by atoms with van der Waals surface area (Å²) < 4.78 is 6.11. The minimum atomic E-state index is -1.03. The lowest BCUT2D eigenvalue weighted by Gasteiger charge is -2.09. The summed E-state index contributed by atoms with van der Waals surface area (Å²) in [5.41, 5.74) is 0.321. The predicted molar refractivity (Wildman–Crippen MR) is 75.2 cm³/mol. The molecule has 0 fully saturated rings. The van der Waals surface area contributed by atoms with Crippen LogP contribution in [0.15, 0.2) is 33.2 Å². The van der Waals surface area contributed by atoms with Gasteiger partial charge in [-0.15, -0.1) is 0 Å². The highest BCUT2D eigenvalue weighted by molar-refractivity contribution is 9.10. The molecule has 1 amide bonds. The standard InChI is InChI=1S/C13H13BrN2O4/c14-8-1-2-11-7(3-8)4-10(12(15)20-11)13(19)16-5-9(18)6-17/h1-4,9,15,17-18H,5-6H2,(H,16,19). The van der Waals surface area contributed by atoms with Crippen molar-refractivity contribution in [1.29, 1.82) is 5.41 Å². The Morgan fingerprint density at radius 3 is 2.90 bits per heavy atom. The molecule has 0 spiro atoms. The summed E-state index contributed by atoms with van der Waals surface area (Å²) in [7, 11) is 0. The van der Waals surface area contributed by atoms with Crippen LogP contribution in [0.25, 0.3) is 11.0 Å². The zero-order valence-electron chi connectivity index (χ0n) is 10.4. The number of benzene rings is 1. The first-order chi connectivity index (χ1) is 9.51. The zero-order valence-corrected chi connectivity index (χ0v) is 12.0. The number of halogens is 1. The third-order valence-electron chi connectivity index (χ3n) is 2.68. The van der Waals surface area contributed by atoms with E-state index in [-0.39, 0.29) is 17.7 Å². The number of aliphatic hydroxyl groups is 2. The summed E-state index contributed by atoms with van der Waals surface area (Å²) in [5, 5.41) is 28.7. The SMILES string of the molecule is N=c1oc2ccc(Br)cc2cc1C(=O)NCC(O)CO. The van der Waals surface area contributed by atoms with E-state index in [4.69, 9.17) is 14.9 Å². The van der Waals surface area contributed by atoms with Crippen molar-refractivity contribution >= 4 is 32.8 Å². The molecule has 0 saturated carbocycles. The third kappa shape index (κ3) is 3.24. The van der Waals surface area contributed by atoms with E-state index < -0.39 is 18.6 Å². The maximum Gasteiger partial charge on any atom is 0.256 e. The van der Waals surface area contributed by atoms with Crippen LogP contribution in [0.1, 0.15) is 10.4 Å². The number of nitrogens with one attached hydrogen (secondary N) is 2. The molecule has 1 atom stereocenters. The highest BCUT2D eigenvalue weighted by Crippen LogP contribution is 2.19. The normalized spacial score (nSPS) is 12.3. The summed E-state index contributed by atoms with van der Waals surface area (Å²) in [6, 6.07) is 6.81. The molecule has 1 unspecified atom stereocenters. The maximum absolute atomic E-state index is 11.9. The van der Waals surface area contributed by atoms with Gasteiger partial charge in [0.25, 0.3) is 5.91 Å². The third-order valence-corrected chi connectivity index (χ3v) is 3.18. The topological polar surface area (TPSA) is 107 Å². The minimum Gasteiger partial charge on any atom is -0.438 e. The van der Waals surface area contributed by atoms with Crippen LogP contribution in [-0.2, 0) is 0 Å². The van der Waals surface area contributed by atoms with Crippen molar-refractivity contribution < 1.29 is 19.4 Å². The number of carbonyl (C=O) groups is 1. The second-order valence-electron chi connectivity index (χ2n) is 4.22. The fourth-order valence-electron chi connectivity index (χ4n) is 1.65. The van der Waals surface area contributed by atoms with Crippen molar-refractivity contribution in [3.63, 3.8) is 0 Å². The Morgan fingerprint density at radius 1 is 1.45 bits per heavy atom. The number of aliphatic hydroxyl groups excluding tert-OH is 2. The van der Waals surface area contributed by atoms with Crippen LogP contribution in [0.4, 0.5) is 0 Å². The summed E-state index contributed by atoms with van der Waals surface area (Å²) in [4.78, 5) is 11.9. The first-order valence-corrected chi connectivity index (χ1v) is 6.65. The molecule has 6 nitrogen and oxygen atoms in total.